The smallest absolute Gasteiger partial charge is 0.275 e. The lowest BCUT2D eigenvalue weighted by atomic mass is 10.3. The molecule has 0 unspecified atom stereocenters. The molecule has 2 rings (SSSR count). The molecule has 3 nitrogen and oxygen atoms in total. The molecule has 0 radical (unpaired) electrons. The molecule has 0 bridgehead atoms. The third-order valence-electron chi connectivity index (χ3n) is 2.05. The van der Waals surface area contributed by atoms with Gasteiger partial charge in [0, 0.05) is 5.38 Å². The fourth-order valence-electron chi connectivity index (χ4n) is 1.25. The first-order chi connectivity index (χ1) is 8.08. The van der Waals surface area contributed by atoms with E-state index in [4.69, 9.17) is 11.6 Å². The van der Waals surface area contributed by atoms with Gasteiger partial charge in [0.1, 0.15) is 5.69 Å². The van der Waals surface area contributed by atoms with E-state index in [9.17, 15) is 4.79 Å². The van der Waals surface area contributed by atoms with Crippen molar-refractivity contribution in [2.24, 2.45) is 0 Å². The second kappa shape index (κ2) is 5.16. The Balaban J connectivity index is 2.21. The van der Waals surface area contributed by atoms with Crippen LogP contribution in [0.4, 0.5) is 5.69 Å². The number of anilines is 1. The van der Waals surface area contributed by atoms with Gasteiger partial charge in [0.15, 0.2) is 0 Å². The van der Waals surface area contributed by atoms with Crippen molar-refractivity contribution in [3.63, 3.8) is 0 Å². The number of benzene rings is 1. The standard InChI is InChI=1S/C11H8BrClN2OS/c1-6-14-9(5-17-6)11(16)15-8-4-2-3-7(13)10(8)12/h2-5H,1H3,(H,15,16). The number of nitrogens with one attached hydrogen (secondary N) is 1. The predicted octanol–water partition coefficient (Wildman–Crippen LogP) is 4.12. The molecular formula is C11H8BrClN2OS. The number of aryl methyl sites for hydroxylation is 1. The van der Waals surface area contributed by atoms with Gasteiger partial charge in [-0.3, -0.25) is 4.79 Å². The number of aromatic nitrogens is 1. The van der Waals surface area contributed by atoms with E-state index in [0.717, 1.165) is 5.01 Å². The molecule has 0 saturated heterocycles. The number of nitrogens with zero attached hydrogens (tertiary/aromatic N) is 1. The first kappa shape index (κ1) is 12.5. The Hall–Kier alpha value is -0.910. The zero-order valence-corrected chi connectivity index (χ0v) is 12.0. The number of carbonyl (C=O) groups excluding carboxylic acids is 1. The van der Waals surface area contributed by atoms with Crippen molar-refractivity contribution in [2.75, 3.05) is 5.32 Å². The average Bonchev–Trinajstić information content (AvgIpc) is 2.72. The molecule has 1 aromatic carbocycles. The number of hydrogen-bond donors (Lipinski definition) is 1. The van der Waals surface area contributed by atoms with E-state index in [2.05, 4.69) is 26.2 Å². The van der Waals surface area contributed by atoms with Crippen LogP contribution < -0.4 is 5.32 Å². The second-order valence-corrected chi connectivity index (χ2v) is 5.57. The fraction of sp³-hybridized carbons (Fsp3) is 0.0909. The number of amides is 1. The van der Waals surface area contributed by atoms with Gasteiger partial charge in [-0.05, 0) is 35.0 Å². The summed E-state index contributed by atoms with van der Waals surface area (Å²) in [4.78, 5) is 16.0. The Morgan fingerprint density at radius 2 is 2.29 bits per heavy atom. The van der Waals surface area contributed by atoms with Crippen molar-refractivity contribution in [1.29, 1.82) is 0 Å². The Labute approximate surface area is 116 Å². The van der Waals surface area contributed by atoms with Gasteiger partial charge >= 0.3 is 0 Å². The summed E-state index contributed by atoms with van der Waals surface area (Å²) >= 11 is 10.7. The van der Waals surface area contributed by atoms with Crippen LogP contribution in [0.5, 0.6) is 0 Å². The third kappa shape index (κ3) is 2.86. The minimum Gasteiger partial charge on any atom is -0.320 e. The summed E-state index contributed by atoms with van der Waals surface area (Å²) in [6, 6.07) is 5.29. The van der Waals surface area contributed by atoms with Crippen molar-refractivity contribution in [3.8, 4) is 0 Å². The van der Waals surface area contributed by atoms with Crippen LogP contribution in [0.25, 0.3) is 0 Å². The summed E-state index contributed by atoms with van der Waals surface area (Å²) < 4.78 is 0.668. The van der Waals surface area contributed by atoms with Crippen LogP contribution in [-0.2, 0) is 0 Å². The van der Waals surface area contributed by atoms with Crippen molar-refractivity contribution in [3.05, 3.63) is 43.8 Å². The second-order valence-electron chi connectivity index (χ2n) is 3.31. The Kier molecular flexibility index (Phi) is 3.81. The first-order valence-corrected chi connectivity index (χ1v) is 6.80. The molecule has 0 aliphatic rings. The molecule has 1 heterocycles. The normalized spacial score (nSPS) is 10.3. The van der Waals surface area contributed by atoms with Crippen LogP contribution in [0.1, 0.15) is 15.5 Å². The van der Waals surface area contributed by atoms with Gasteiger partial charge in [-0.1, -0.05) is 17.7 Å². The maximum Gasteiger partial charge on any atom is 0.275 e. The minimum atomic E-state index is -0.239. The lowest BCUT2D eigenvalue weighted by Crippen LogP contribution is -2.12. The Morgan fingerprint density at radius 1 is 1.53 bits per heavy atom. The molecule has 1 N–H and O–H groups in total. The molecule has 2 aromatic rings. The van der Waals surface area contributed by atoms with Gasteiger partial charge in [0.05, 0.1) is 20.2 Å². The monoisotopic (exact) mass is 330 g/mol. The van der Waals surface area contributed by atoms with Crippen molar-refractivity contribution < 1.29 is 4.79 Å². The molecule has 0 saturated carbocycles. The van der Waals surface area contributed by atoms with Crippen molar-refractivity contribution in [1.82, 2.24) is 4.98 Å². The largest absolute Gasteiger partial charge is 0.320 e. The van der Waals surface area contributed by atoms with Crippen LogP contribution in [0.3, 0.4) is 0 Å². The highest BCUT2D eigenvalue weighted by Gasteiger charge is 2.12. The van der Waals surface area contributed by atoms with Crippen LogP contribution in [0.2, 0.25) is 5.02 Å². The zero-order valence-electron chi connectivity index (χ0n) is 8.83. The number of hydrogen-bond acceptors (Lipinski definition) is 3. The Bertz CT molecular complexity index is 570. The van der Waals surface area contributed by atoms with E-state index < -0.39 is 0 Å². The summed E-state index contributed by atoms with van der Waals surface area (Å²) in [5, 5.41) is 5.89. The average molecular weight is 332 g/mol. The molecule has 0 spiro atoms. The first-order valence-electron chi connectivity index (χ1n) is 4.75. The highest BCUT2D eigenvalue weighted by Crippen LogP contribution is 2.30. The molecule has 0 aliphatic carbocycles. The third-order valence-corrected chi connectivity index (χ3v) is 4.22. The van der Waals surface area contributed by atoms with E-state index in [1.54, 1.807) is 23.6 Å². The maximum absolute atomic E-state index is 11.9. The summed E-state index contributed by atoms with van der Waals surface area (Å²) in [6.07, 6.45) is 0. The molecule has 1 aromatic heterocycles. The zero-order chi connectivity index (χ0) is 12.4. The van der Waals surface area contributed by atoms with Gasteiger partial charge in [0.25, 0.3) is 5.91 Å². The molecule has 88 valence electrons. The van der Waals surface area contributed by atoms with E-state index in [-0.39, 0.29) is 5.91 Å². The summed E-state index contributed by atoms with van der Waals surface area (Å²) in [6.45, 7) is 1.86. The van der Waals surface area contributed by atoms with E-state index >= 15 is 0 Å². The molecule has 0 atom stereocenters. The van der Waals surface area contributed by atoms with Crippen molar-refractivity contribution >= 4 is 50.5 Å². The number of carbonyl (C=O) groups is 1. The maximum atomic E-state index is 11.9. The highest BCUT2D eigenvalue weighted by molar-refractivity contribution is 9.10. The molecule has 0 fully saturated rings. The molecule has 1 amide bonds. The Morgan fingerprint density at radius 3 is 2.94 bits per heavy atom. The van der Waals surface area contributed by atoms with Gasteiger partial charge in [0.2, 0.25) is 0 Å². The molecule has 17 heavy (non-hydrogen) atoms. The van der Waals surface area contributed by atoms with Gasteiger partial charge in [-0.2, -0.15) is 0 Å². The SMILES string of the molecule is Cc1nc(C(=O)Nc2cccc(Cl)c2Br)cs1. The quantitative estimate of drug-likeness (QED) is 0.899. The fourth-order valence-corrected chi connectivity index (χ4v) is 2.39. The highest BCUT2D eigenvalue weighted by atomic mass is 79.9. The van der Waals surface area contributed by atoms with Crippen LogP contribution in [-0.4, -0.2) is 10.9 Å². The number of rotatable bonds is 2. The summed E-state index contributed by atoms with van der Waals surface area (Å²) in [5.74, 6) is -0.239. The topological polar surface area (TPSA) is 42.0 Å². The van der Waals surface area contributed by atoms with Crippen LogP contribution >= 0.6 is 38.9 Å². The van der Waals surface area contributed by atoms with E-state index in [1.165, 1.54) is 11.3 Å². The predicted molar refractivity (Wildman–Crippen MR) is 74.0 cm³/mol. The van der Waals surface area contributed by atoms with Gasteiger partial charge in [-0.25, -0.2) is 4.98 Å². The lowest BCUT2D eigenvalue weighted by Gasteiger charge is -2.06. The number of halogens is 2. The van der Waals surface area contributed by atoms with Crippen LogP contribution in [0, 0.1) is 6.92 Å². The molecule has 6 heteroatoms. The van der Waals surface area contributed by atoms with Gasteiger partial charge in [-0.15, -0.1) is 11.3 Å². The minimum absolute atomic E-state index is 0.239. The van der Waals surface area contributed by atoms with E-state index in [1.807, 2.05) is 6.92 Å². The molecule has 0 aliphatic heterocycles. The lowest BCUT2D eigenvalue weighted by molar-refractivity contribution is 0.102. The van der Waals surface area contributed by atoms with Crippen LogP contribution in [0.15, 0.2) is 28.1 Å². The van der Waals surface area contributed by atoms with E-state index in [0.29, 0.717) is 20.9 Å². The van der Waals surface area contributed by atoms with Crippen molar-refractivity contribution in [2.45, 2.75) is 6.92 Å². The number of thiazole rings is 1. The van der Waals surface area contributed by atoms with Gasteiger partial charge < -0.3 is 5.32 Å². The summed E-state index contributed by atoms with van der Waals surface area (Å²) in [5.41, 5.74) is 1.05. The summed E-state index contributed by atoms with van der Waals surface area (Å²) in [7, 11) is 0. The molecular weight excluding hydrogens is 324 g/mol.